The Morgan fingerprint density at radius 1 is 1.50 bits per heavy atom. The van der Waals surface area contributed by atoms with Gasteiger partial charge in [0.1, 0.15) is 0 Å². The fourth-order valence-corrected chi connectivity index (χ4v) is 1.28. The van der Waals surface area contributed by atoms with Crippen molar-refractivity contribution in [3.05, 3.63) is 0 Å². The lowest BCUT2D eigenvalue weighted by atomic mass is 10.3. The van der Waals surface area contributed by atoms with Crippen LogP contribution in [0.15, 0.2) is 0 Å². The predicted octanol–water partition coefficient (Wildman–Crippen LogP) is -0.0573. The normalized spacial score (nSPS) is 30.4. The summed E-state index contributed by atoms with van der Waals surface area (Å²) in [6.45, 7) is 3.32. The third kappa shape index (κ3) is 1.73. The number of hydrogen-bond donors (Lipinski definition) is 2. The van der Waals surface area contributed by atoms with Gasteiger partial charge in [0.05, 0.1) is 0 Å². The molecule has 1 rings (SSSR count). The first kappa shape index (κ1) is 6.52. The largest absolute Gasteiger partial charge is 0.314 e. The minimum atomic E-state index is 0.642. The van der Waals surface area contributed by atoms with E-state index in [1.54, 1.807) is 0 Å². The van der Waals surface area contributed by atoms with Crippen LogP contribution in [0.2, 0.25) is 0 Å². The van der Waals surface area contributed by atoms with Gasteiger partial charge in [0.2, 0.25) is 0 Å². The van der Waals surface area contributed by atoms with Crippen molar-refractivity contribution < 1.29 is 0 Å². The van der Waals surface area contributed by atoms with E-state index in [-0.39, 0.29) is 0 Å². The van der Waals surface area contributed by atoms with Crippen molar-refractivity contribution in [2.45, 2.75) is 6.04 Å². The SMILES string of the molecule is BrC[C@@H]1CNCCN1. The lowest BCUT2D eigenvalue weighted by Gasteiger charge is -2.21. The van der Waals surface area contributed by atoms with Crippen LogP contribution in [0.4, 0.5) is 0 Å². The maximum atomic E-state index is 3.41. The molecule has 1 saturated heterocycles. The molecule has 8 heavy (non-hydrogen) atoms. The summed E-state index contributed by atoms with van der Waals surface area (Å²) in [7, 11) is 0. The van der Waals surface area contributed by atoms with Gasteiger partial charge in [0.15, 0.2) is 0 Å². The van der Waals surface area contributed by atoms with Crippen molar-refractivity contribution in [2.75, 3.05) is 25.0 Å². The second kappa shape index (κ2) is 3.43. The lowest BCUT2D eigenvalue weighted by molar-refractivity contribution is 0.448. The molecule has 0 radical (unpaired) electrons. The molecule has 0 aromatic heterocycles. The van der Waals surface area contributed by atoms with Gasteiger partial charge in [0, 0.05) is 31.0 Å². The summed E-state index contributed by atoms with van der Waals surface area (Å²) >= 11 is 3.41. The smallest absolute Gasteiger partial charge is 0.0289 e. The van der Waals surface area contributed by atoms with Crippen molar-refractivity contribution in [3.8, 4) is 0 Å². The topological polar surface area (TPSA) is 24.1 Å². The third-order valence-electron chi connectivity index (χ3n) is 1.31. The molecule has 2 nitrogen and oxygen atoms in total. The quantitative estimate of drug-likeness (QED) is 0.551. The molecule has 1 aliphatic heterocycles. The lowest BCUT2D eigenvalue weighted by Crippen LogP contribution is -2.49. The molecule has 0 amide bonds. The zero-order valence-electron chi connectivity index (χ0n) is 4.78. The molecule has 0 bridgehead atoms. The van der Waals surface area contributed by atoms with Gasteiger partial charge in [-0.25, -0.2) is 0 Å². The molecule has 1 heterocycles. The standard InChI is InChI=1S/C5H11BrN2/c6-3-5-4-7-1-2-8-5/h5,7-8H,1-4H2/t5-/m1/s1. The van der Waals surface area contributed by atoms with Crippen molar-refractivity contribution in [3.63, 3.8) is 0 Å². The molecule has 2 N–H and O–H groups in total. The maximum absolute atomic E-state index is 3.41. The first-order valence-corrected chi connectivity index (χ1v) is 4.05. The second-order valence-corrected chi connectivity index (χ2v) is 2.66. The highest BCUT2D eigenvalue weighted by Gasteiger charge is 2.08. The van der Waals surface area contributed by atoms with Crippen LogP contribution in [0, 0.1) is 0 Å². The summed E-state index contributed by atoms with van der Waals surface area (Å²) in [6.07, 6.45) is 0. The van der Waals surface area contributed by atoms with Gasteiger partial charge < -0.3 is 10.6 Å². The van der Waals surface area contributed by atoms with E-state index in [9.17, 15) is 0 Å². The summed E-state index contributed by atoms with van der Waals surface area (Å²) in [6, 6.07) is 0.642. The van der Waals surface area contributed by atoms with Crippen LogP contribution in [0.1, 0.15) is 0 Å². The molecule has 1 fully saturated rings. The van der Waals surface area contributed by atoms with E-state index < -0.39 is 0 Å². The van der Waals surface area contributed by atoms with Gasteiger partial charge in [-0.2, -0.15) is 0 Å². The van der Waals surface area contributed by atoms with Crippen LogP contribution in [0.3, 0.4) is 0 Å². The van der Waals surface area contributed by atoms with Crippen LogP contribution in [0.25, 0.3) is 0 Å². The van der Waals surface area contributed by atoms with Crippen LogP contribution in [-0.2, 0) is 0 Å². The van der Waals surface area contributed by atoms with Crippen LogP contribution >= 0.6 is 15.9 Å². The van der Waals surface area contributed by atoms with Gasteiger partial charge in [-0.3, -0.25) is 0 Å². The zero-order valence-corrected chi connectivity index (χ0v) is 6.37. The fourth-order valence-electron chi connectivity index (χ4n) is 0.822. The number of piperazine rings is 1. The molecule has 48 valence electrons. The Morgan fingerprint density at radius 2 is 2.38 bits per heavy atom. The molecule has 0 saturated carbocycles. The number of rotatable bonds is 1. The van der Waals surface area contributed by atoms with E-state index in [0.717, 1.165) is 25.0 Å². The molecule has 0 aliphatic carbocycles. The number of halogens is 1. The van der Waals surface area contributed by atoms with E-state index in [1.807, 2.05) is 0 Å². The summed E-state index contributed by atoms with van der Waals surface area (Å²) in [4.78, 5) is 0. The molecular formula is C5H11BrN2. The molecular weight excluding hydrogens is 168 g/mol. The summed E-state index contributed by atoms with van der Waals surface area (Å²) < 4.78 is 0. The molecule has 3 heteroatoms. The Balaban J connectivity index is 2.13. The molecule has 0 spiro atoms. The highest BCUT2D eigenvalue weighted by atomic mass is 79.9. The Morgan fingerprint density at radius 3 is 2.75 bits per heavy atom. The Bertz CT molecular complexity index is 61.4. The van der Waals surface area contributed by atoms with Gasteiger partial charge >= 0.3 is 0 Å². The molecule has 0 aromatic carbocycles. The molecule has 1 atom stereocenters. The monoisotopic (exact) mass is 178 g/mol. The minimum Gasteiger partial charge on any atom is -0.314 e. The predicted molar refractivity (Wildman–Crippen MR) is 38.5 cm³/mol. The van der Waals surface area contributed by atoms with Crippen molar-refractivity contribution in [1.29, 1.82) is 0 Å². The zero-order chi connectivity index (χ0) is 5.82. The average molecular weight is 179 g/mol. The van der Waals surface area contributed by atoms with Crippen LogP contribution < -0.4 is 10.6 Å². The summed E-state index contributed by atoms with van der Waals surface area (Å²) in [5.41, 5.74) is 0. The number of nitrogens with one attached hydrogen (secondary N) is 2. The number of hydrogen-bond acceptors (Lipinski definition) is 2. The molecule has 1 aliphatic rings. The van der Waals surface area contributed by atoms with Crippen molar-refractivity contribution in [2.24, 2.45) is 0 Å². The van der Waals surface area contributed by atoms with Gasteiger partial charge in [-0.15, -0.1) is 0 Å². The highest BCUT2D eigenvalue weighted by Crippen LogP contribution is 1.90. The van der Waals surface area contributed by atoms with E-state index in [1.165, 1.54) is 0 Å². The first-order chi connectivity index (χ1) is 3.93. The van der Waals surface area contributed by atoms with Crippen LogP contribution in [0.5, 0.6) is 0 Å². The number of alkyl halides is 1. The molecule has 0 aromatic rings. The summed E-state index contributed by atoms with van der Waals surface area (Å²) in [5.74, 6) is 0. The van der Waals surface area contributed by atoms with Gasteiger partial charge in [-0.1, -0.05) is 15.9 Å². The van der Waals surface area contributed by atoms with Crippen LogP contribution in [-0.4, -0.2) is 31.0 Å². The van der Waals surface area contributed by atoms with Crippen molar-refractivity contribution >= 4 is 15.9 Å². The fraction of sp³-hybridized carbons (Fsp3) is 1.00. The van der Waals surface area contributed by atoms with Gasteiger partial charge in [0.25, 0.3) is 0 Å². The second-order valence-electron chi connectivity index (χ2n) is 2.01. The Hall–Kier alpha value is 0.400. The highest BCUT2D eigenvalue weighted by molar-refractivity contribution is 9.09. The van der Waals surface area contributed by atoms with Gasteiger partial charge in [-0.05, 0) is 0 Å². The maximum Gasteiger partial charge on any atom is 0.0289 e. The first-order valence-electron chi connectivity index (χ1n) is 2.93. The van der Waals surface area contributed by atoms with Crippen molar-refractivity contribution in [1.82, 2.24) is 10.6 Å². The minimum absolute atomic E-state index is 0.642. The van der Waals surface area contributed by atoms with E-state index in [4.69, 9.17) is 0 Å². The van der Waals surface area contributed by atoms with E-state index in [0.29, 0.717) is 6.04 Å². The van der Waals surface area contributed by atoms with E-state index >= 15 is 0 Å². The summed E-state index contributed by atoms with van der Waals surface area (Å²) in [5, 5.41) is 7.71. The Labute approximate surface area is 58.2 Å². The third-order valence-corrected chi connectivity index (χ3v) is 2.09. The Kier molecular flexibility index (Phi) is 2.80. The average Bonchev–Trinajstić information content (AvgIpc) is 1.90. The molecule has 0 unspecified atom stereocenters. The van der Waals surface area contributed by atoms with E-state index in [2.05, 4.69) is 26.6 Å².